The number of rotatable bonds is 9. The third-order valence-corrected chi connectivity index (χ3v) is 5.74. The molecule has 0 fully saturated rings. The molecule has 3 aromatic rings. The first-order valence-corrected chi connectivity index (χ1v) is 10.7. The van der Waals surface area contributed by atoms with Crippen molar-refractivity contribution in [3.05, 3.63) is 77.2 Å². The Hall–Kier alpha value is -2.18. The van der Waals surface area contributed by atoms with Crippen LogP contribution >= 0.6 is 11.8 Å². The Kier molecular flexibility index (Phi) is 7.45. The van der Waals surface area contributed by atoms with Crippen molar-refractivity contribution in [1.82, 2.24) is 9.55 Å². The summed E-state index contributed by atoms with van der Waals surface area (Å²) >= 11 is 1.33. The molecule has 1 aromatic heterocycles. The summed E-state index contributed by atoms with van der Waals surface area (Å²) in [4.78, 5) is 5.26. The third kappa shape index (κ3) is 5.67. The summed E-state index contributed by atoms with van der Waals surface area (Å²) in [5.74, 6) is -0.221. The van der Waals surface area contributed by atoms with Crippen molar-refractivity contribution in [2.24, 2.45) is 0 Å². The summed E-state index contributed by atoms with van der Waals surface area (Å²) in [6.07, 6.45) is 2.28. The van der Waals surface area contributed by atoms with E-state index in [4.69, 9.17) is 4.98 Å². The average Bonchev–Trinajstić information content (AvgIpc) is 3.00. The van der Waals surface area contributed by atoms with E-state index in [1.165, 1.54) is 29.5 Å². The Morgan fingerprint density at radius 3 is 2.34 bits per heavy atom. The van der Waals surface area contributed by atoms with Crippen molar-refractivity contribution >= 4 is 11.8 Å². The van der Waals surface area contributed by atoms with Gasteiger partial charge >= 0.3 is 0 Å². The van der Waals surface area contributed by atoms with Gasteiger partial charge in [-0.3, -0.25) is 0 Å². The third-order valence-electron chi connectivity index (χ3n) is 4.65. The molecule has 0 spiro atoms. The first kappa shape index (κ1) is 21.5. The van der Waals surface area contributed by atoms with Gasteiger partial charge in [0.25, 0.3) is 0 Å². The van der Waals surface area contributed by atoms with E-state index in [1.54, 1.807) is 0 Å². The van der Waals surface area contributed by atoms with Crippen LogP contribution in [0.4, 0.5) is 8.78 Å². The number of aliphatic hydroxyl groups is 1. The van der Waals surface area contributed by atoms with Crippen LogP contribution in [0.5, 0.6) is 0 Å². The summed E-state index contributed by atoms with van der Waals surface area (Å²) in [7, 11) is 0. The zero-order chi connectivity index (χ0) is 20.8. The number of hydrogen-bond acceptors (Lipinski definition) is 3. The smallest absolute Gasteiger partial charge is 0.127 e. The maximum atomic E-state index is 13.7. The van der Waals surface area contributed by atoms with E-state index in [0.29, 0.717) is 11.3 Å². The molecule has 0 aliphatic heterocycles. The van der Waals surface area contributed by atoms with Crippen LogP contribution in [0.3, 0.4) is 0 Å². The van der Waals surface area contributed by atoms with E-state index >= 15 is 0 Å². The van der Waals surface area contributed by atoms with Crippen LogP contribution in [0.15, 0.2) is 58.5 Å². The fourth-order valence-corrected chi connectivity index (χ4v) is 4.55. The summed E-state index contributed by atoms with van der Waals surface area (Å²) in [6.45, 7) is 4.83. The fourth-order valence-electron chi connectivity index (χ4n) is 3.29. The first-order valence-electron chi connectivity index (χ1n) is 9.86. The Morgan fingerprint density at radius 2 is 1.72 bits per heavy atom. The molecule has 0 saturated heterocycles. The monoisotopic (exact) mass is 416 g/mol. The van der Waals surface area contributed by atoms with Crippen LogP contribution in [0.25, 0.3) is 0 Å². The average molecular weight is 417 g/mol. The molecule has 0 atom stereocenters. The van der Waals surface area contributed by atoms with E-state index < -0.39 is 11.6 Å². The SMILES string of the molecule is CC(C)c1nc(CCO)n(CCCc2ccccc2)c1Sc1cc(F)cc(F)c1. The molecular weight excluding hydrogens is 390 g/mol. The minimum atomic E-state index is -0.593. The van der Waals surface area contributed by atoms with Crippen molar-refractivity contribution < 1.29 is 13.9 Å². The lowest BCUT2D eigenvalue weighted by Crippen LogP contribution is -2.08. The number of halogens is 2. The summed E-state index contributed by atoms with van der Waals surface area (Å²) < 4.78 is 29.5. The molecule has 0 aliphatic carbocycles. The molecule has 6 heteroatoms. The lowest BCUT2D eigenvalue weighted by molar-refractivity contribution is 0.294. The van der Waals surface area contributed by atoms with Crippen molar-refractivity contribution in [2.75, 3.05) is 6.61 Å². The number of aliphatic hydroxyl groups excluding tert-OH is 1. The van der Waals surface area contributed by atoms with Gasteiger partial charge in [-0.05, 0) is 36.5 Å². The van der Waals surface area contributed by atoms with Crippen LogP contribution in [-0.4, -0.2) is 21.3 Å². The van der Waals surface area contributed by atoms with E-state index in [0.717, 1.165) is 42.0 Å². The second-order valence-corrected chi connectivity index (χ2v) is 8.36. The highest BCUT2D eigenvalue weighted by molar-refractivity contribution is 7.99. The fraction of sp³-hybridized carbons (Fsp3) is 0.348. The molecule has 0 aliphatic rings. The lowest BCUT2D eigenvalue weighted by atomic mass is 10.1. The molecule has 0 amide bonds. The van der Waals surface area contributed by atoms with Gasteiger partial charge < -0.3 is 9.67 Å². The van der Waals surface area contributed by atoms with Gasteiger partial charge in [-0.25, -0.2) is 13.8 Å². The summed E-state index contributed by atoms with van der Waals surface area (Å²) in [5, 5.41) is 10.4. The highest BCUT2D eigenvalue weighted by Gasteiger charge is 2.20. The topological polar surface area (TPSA) is 38.1 Å². The molecule has 0 saturated carbocycles. The Labute approximate surface area is 174 Å². The minimum absolute atomic E-state index is 0.00589. The van der Waals surface area contributed by atoms with Crippen LogP contribution < -0.4 is 0 Å². The molecule has 154 valence electrons. The van der Waals surface area contributed by atoms with Crippen molar-refractivity contribution in [1.29, 1.82) is 0 Å². The number of aryl methyl sites for hydroxylation is 1. The second kappa shape index (κ2) is 10.0. The van der Waals surface area contributed by atoms with Gasteiger partial charge in [-0.1, -0.05) is 55.9 Å². The van der Waals surface area contributed by atoms with Gasteiger partial charge in [-0.15, -0.1) is 0 Å². The van der Waals surface area contributed by atoms with Crippen LogP contribution in [-0.2, 0) is 19.4 Å². The number of aromatic nitrogens is 2. The Bertz CT molecular complexity index is 921. The summed E-state index contributed by atoms with van der Waals surface area (Å²) in [6, 6.07) is 13.8. The zero-order valence-corrected chi connectivity index (χ0v) is 17.6. The van der Waals surface area contributed by atoms with E-state index in [2.05, 4.69) is 30.5 Å². The molecule has 1 heterocycles. The molecule has 0 radical (unpaired) electrons. The predicted octanol–water partition coefficient (Wildman–Crippen LogP) is 5.60. The van der Waals surface area contributed by atoms with Gasteiger partial charge in [-0.2, -0.15) is 0 Å². The molecule has 2 aromatic carbocycles. The standard InChI is InChI=1S/C23H26F2N2OS/c1-16(2)22-23(29-20-14-18(24)13-19(25)15-20)27(21(26-22)10-12-28)11-6-9-17-7-4-3-5-8-17/h3-5,7-8,13-16,28H,6,9-12H2,1-2H3. The molecule has 0 unspecified atom stereocenters. The minimum Gasteiger partial charge on any atom is -0.396 e. The van der Waals surface area contributed by atoms with Gasteiger partial charge in [0.1, 0.15) is 22.5 Å². The zero-order valence-electron chi connectivity index (χ0n) is 16.7. The number of nitrogens with zero attached hydrogens (tertiary/aromatic N) is 2. The number of hydrogen-bond donors (Lipinski definition) is 1. The normalized spacial score (nSPS) is 11.4. The molecule has 0 bridgehead atoms. The van der Waals surface area contributed by atoms with Gasteiger partial charge in [0.05, 0.1) is 12.3 Å². The molecule has 3 nitrogen and oxygen atoms in total. The quantitative estimate of drug-likeness (QED) is 0.493. The highest BCUT2D eigenvalue weighted by Crippen LogP contribution is 2.36. The molecule has 29 heavy (non-hydrogen) atoms. The number of benzene rings is 2. The van der Waals surface area contributed by atoms with Gasteiger partial charge in [0.2, 0.25) is 0 Å². The first-order chi connectivity index (χ1) is 14.0. The van der Waals surface area contributed by atoms with Crippen LogP contribution in [0, 0.1) is 11.6 Å². The highest BCUT2D eigenvalue weighted by atomic mass is 32.2. The summed E-state index contributed by atoms with van der Waals surface area (Å²) in [5.41, 5.74) is 2.16. The largest absolute Gasteiger partial charge is 0.396 e. The van der Waals surface area contributed by atoms with Crippen LogP contribution in [0.1, 0.15) is 43.3 Å². The van der Waals surface area contributed by atoms with E-state index in [9.17, 15) is 13.9 Å². The molecule has 1 N–H and O–H groups in total. The van der Waals surface area contributed by atoms with Gasteiger partial charge in [0, 0.05) is 23.9 Å². The van der Waals surface area contributed by atoms with Crippen molar-refractivity contribution in [3.8, 4) is 0 Å². The number of imidazole rings is 1. The predicted molar refractivity (Wildman–Crippen MR) is 112 cm³/mol. The Morgan fingerprint density at radius 1 is 1.03 bits per heavy atom. The van der Waals surface area contributed by atoms with Gasteiger partial charge in [0.15, 0.2) is 0 Å². The Balaban J connectivity index is 1.90. The van der Waals surface area contributed by atoms with Crippen molar-refractivity contribution in [2.45, 2.75) is 55.5 Å². The maximum absolute atomic E-state index is 13.7. The van der Waals surface area contributed by atoms with E-state index in [1.807, 2.05) is 18.2 Å². The molecular formula is C23H26F2N2OS. The lowest BCUT2D eigenvalue weighted by Gasteiger charge is -2.13. The van der Waals surface area contributed by atoms with Crippen LogP contribution in [0.2, 0.25) is 0 Å². The molecule has 3 rings (SSSR count). The maximum Gasteiger partial charge on any atom is 0.127 e. The van der Waals surface area contributed by atoms with E-state index in [-0.39, 0.29) is 12.5 Å². The van der Waals surface area contributed by atoms with Crippen molar-refractivity contribution in [3.63, 3.8) is 0 Å². The second-order valence-electron chi connectivity index (χ2n) is 7.29.